The minimum atomic E-state index is -1.33. The van der Waals surface area contributed by atoms with Gasteiger partial charge in [-0.3, -0.25) is 19.2 Å². The highest BCUT2D eigenvalue weighted by Gasteiger charge is 2.30. The Morgan fingerprint density at radius 2 is 1.41 bits per heavy atom. The molecule has 0 radical (unpaired) electrons. The summed E-state index contributed by atoms with van der Waals surface area (Å²) in [4.78, 5) is 59.9. The highest BCUT2D eigenvalue weighted by atomic mass is 32.2. The summed E-state index contributed by atoms with van der Waals surface area (Å²) in [6, 6.07) is -4.86. The van der Waals surface area contributed by atoms with E-state index in [9.17, 15) is 29.1 Å². The molecule has 0 saturated heterocycles. The van der Waals surface area contributed by atoms with Crippen molar-refractivity contribution in [3.05, 3.63) is 0 Å². The molecule has 184 valence electrons. The van der Waals surface area contributed by atoms with Gasteiger partial charge in [-0.15, -0.1) is 0 Å². The number of hydrogen-bond donors (Lipinski definition) is 7. The maximum Gasteiger partial charge on any atom is 0.326 e. The van der Waals surface area contributed by atoms with Gasteiger partial charge in [0.25, 0.3) is 0 Å². The van der Waals surface area contributed by atoms with E-state index >= 15 is 0 Å². The molecular weight excluding hydrogens is 444 g/mol. The number of nitrogens with two attached hydrogens (primary N) is 1. The van der Waals surface area contributed by atoms with E-state index in [-0.39, 0.29) is 25.2 Å². The standard InChI is InChI=1S/C19H34N4O8S/c1-10(2)8-14(23-16(27)11(20)9-24)18(29)21-12(4-5-15(25)26)17(28)22-13(19(30)31)6-7-32-3/h10-14,24H,4-9,20H2,1-3H3,(H,21,29)(H,22,28)(H,23,27)(H,25,26)(H,30,31). The van der Waals surface area contributed by atoms with Gasteiger partial charge in [-0.25, -0.2) is 4.79 Å². The topological polar surface area (TPSA) is 208 Å². The molecule has 4 unspecified atom stereocenters. The van der Waals surface area contributed by atoms with Crippen molar-refractivity contribution < 1.29 is 39.3 Å². The van der Waals surface area contributed by atoms with Crippen LogP contribution in [0.2, 0.25) is 0 Å². The molecule has 0 spiro atoms. The van der Waals surface area contributed by atoms with Crippen molar-refractivity contribution in [2.75, 3.05) is 18.6 Å². The Morgan fingerprint density at radius 3 is 1.88 bits per heavy atom. The first-order valence-corrected chi connectivity index (χ1v) is 11.5. The predicted octanol–water partition coefficient (Wildman–Crippen LogP) is -1.49. The lowest BCUT2D eigenvalue weighted by molar-refractivity contribution is -0.143. The summed E-state index contributed by atoms with van der Waals surface area (Å²) < 4.78 is 0. The van der Waals surface area contributed by atoms with Gasteiger partial charge >= 0.3 is 11.9 Å². The molecule has 0 aliphatic rings. The smallest absolute Gasteiger partial charge is 0.326 e. The Bertz CT molecular complexity index is 661. The monoisotopic (exact) mass is 478 g/mol. The second-order valence-corrected chi connectivity index (χ2v) is 8.64. The molecule has 3 amide bonds. The van der Waals surface area contributed by atoms with Crippen LogP contribution in [0.1, 0.15) is 39.5 Å². The van der Waals surface area contributed by atoms with Crippen molar-refractivity contribution in [1.29, 1.82) is 0 Å². The fraction of sp³-hybridized carbons (Fsp3) is 0.737. The molecule has 0 aliphatic carbocycles. The number of hydrogen-bond acceptors (Lipinski definition) is 8. The number of carbonyl (C=O) groups excluding carboxylic acids is 3. The van der Waals surface area contributed by atoms with Crippen LogP contribution in [0.4, 0.5) is 0 Å². The van der Waals surface area contributed by atoms with Crippen LogP contribution in [-0.4, -0.2) is 87.8 Å². The van der Waals surface area contributed by atoms with Gasteiger partial charge in [0.2, 0.25) is 17.7 Å². The average molecular weight is 479 g/mol. The van der Waals surface area contributed by atoms with Gasteiger partial charge in [0.1, 0.15) is 24.2 Å². The number of rotatable bonds is 16. The third kappa shape index (κ3) is 11.9. The van der Waals surface area contributed by atoms with Crippen LogP contribution in [-0.2, 0) is 24.0 Å². The number of aliphatic hydroxyl groups excluding tert-OH is 1. The lowest BCUT2D eigenvalue weighted by atomic mass is 10.0. The molecule has 0 heterocycles. The molecule has 12 nitrogen and oxygen atoms in total. The Morgan fingerprint density at radius 1 is 0.875 bits per heavy atom. The molecule has 32 heavy (non-hydrogen) atoms. The van der Waals surface area contributed by atoms with Gasteiger partial charge in [-0.1, -0.05) is 13.8 Å². The molecule has 4 atom stereocenters. The largest absolute Gasteiger partial charge is 0.481 e. The average Bonchev–Trinajstić information content (AvgIpc) is 2.71. The first-order valence-electron chi connectivity index (χ1n) is 10.1. The van der Waals surface area contributed by atoms with Crippen molar-refractivity contribution in [3.63, 3.8) is 0 Å². The highest BCUT2D eigenvalue weighted by molar-refractivity contribution is 7.98. The minimum Gasteiger partial charge on any atom is -0.481 e. The van der Waals surface area contributed by atoms with Gasteiger partial charge in [0.05, 0.1) is 6.61 Å². The number of amides is 3. The van der Waals surface area contributed by atoms with Crippen molar-refractivity contribution in [1.82, 2.24) is 16.0 Å². The van der Waals surface area contributed by atoms with Crippen LogP contribution in [0.15, 0.2) is 0 Å². The number of aliphatic carboxylic acids is 2. The van der Waals surface area contributed by atoms with Gasteiger partial charge in [-0.2, -0.15) is 11.8 Å². The van der Waals surface area contributed by atoms with Gasteiger partial charge < -0.3 is 37.0 Å². The SMILES string of the molecule is CSCCC(NC(=O)C(CCC(=O)O)NC(=O)C(CC(C)C)NC(=O)C(N)CO)C(=O)O. The molecule has 0 rings (SSSR count). The van der Waals surface area contributed by atoms with Crippen LogP contribution >= 0.6 is 11.8 Å². The summed E-state index contributed by atoms with van der Waals surface area (Å²) in [7, 11) is 0. The Kier molecular flexibility index (Phi) is 14.3. The van der Waals surface area contributed by atoms with E-state index in [1.165, 1.54) is 11.8 Å². The molecule has 0 aromatic rings. The van der Waals surface area contributed by atoms with Crippen LogP contribution < -0.4 is 21.7 Å². The maximum atomic E-state index is 12.8. The first-order chi connectivity index (χ1) is 14.9. The van der Waals surface area contributed by atoms with E-state index < -0.39 is 66.9 Å². The summed E-state index contributed by atoms with van der Waals surface area (Å²) >= 11 is 1.40. The van der Waals surface area contributed by atoms with E-state index in [2.05, 4.69) is 16.0 Å². The number of carboxylic acid groups (broad SMARTS) is 2. The number of thioether (sulfide) groups is 1. The number of carbonyl (C=O) groups is 5. The number of carboxylic acids is 2. The van der Waals surface area contributed by atoms with Crippen molar-refractivity contribution in [2.45, 2.75) is 63.7 Å². The summed E-state index contributed by atoms with van der Waals surface area (Å²) in [6.07, 6.45) is 1.39. The molecular formula is C19H34N4O8S. The summed E-state index contributed by atoms with van der Waals surface area (Å²) in [6.45, 7) is 2.98. The number of aliphatic hydroxyl groups is 1. The second kappa shape index (κ2) is 15.4. The zero-order valence-corrected chi connectivity index (χ0v) is 19.3. The molecule has 0 aromatic heterocycles. The fourth-order valence-corrected chi connectivity index (χ4v) is 3.11. The quantitative estimate of drug-likeness (QED) is 0.137. The van der Waals surface area contributed by atoms with Crippen LogP contribution in [0.3, 0.4) is 0 Å². The summed E-state index contributed by atoms with van der Waals surface area (Å²) in [5.41, 5.74) is 5.47. The first kappa shape index (κ1) is 29.6. The van der Waals surface area contributed by atoms with Gasteiger partial charge in [0.15, 0.2) is 0 Å². The highest BCUT2D eigenvalue weighted by Crippen LogP contribution is 2.08. The van der Waals surface area contributed by atoms with Crippen molar-refractivity contribution in [3.8, 4) is 0 Å². The van der Waals surface area contributed by atoms with E-state index in [1.54, 1.807) is 20.1 Å². The van der Waals surface area contributed by atoms with E-state index in [0.29, 0.717) is 5.75 Å². The molecule has 0 aliphatic heterocycles. The second-order valence-electron chi connectivity index (χ2n) is 7.65. The maximum absolute atomic E-state index is 12.8. The molecule has 8 N–H and O–H groups in total. The van der Waals surface area contributed by atoms with Crippen LogP contribution in [0.5, 0.6) is 0 Å². The Balaban J connectivity index is 5.49. The lowest BCUT2D eigenvalue weighted by Gasteiger charge is -2.25. The van der Waals surface area contributed by atoms with Crippen molar-refractivity contribution >= 4 is 41.4 Å². The molecule has 0 bridgehead atoms. The van der Waals surface area contributed by atoms with Crippen LogP contribution in [0.25, 0.3) is 0 Å². The lowest BCUT2D eigenvalue weighted by Crippen LogP contribution is -2.57. The molecule has 0 fully saturated rings. The minimum absolute atomic E-state index is 0.0365. The number of nitrogens with one attached hydrogen (secondary N) is 3. The third-order valence-corrected chi connectivity index (χ3v) is 5.02. The van der Waals surface area contributed by atoms with Gasteiger partial charge in [-0.05, 0) is 37.2 Å². The summed E-state index contributed by atoms with van der Waals surface area (Å²) in [5.74, 6) is -4.37. The Hall–Kier alpha value is -2.38. The van der Waals surface area contributed by atoms with E-state index in [0.717, 1.165) is 0 Å². The summed E-state index contributed by atoms with van der Waals surface area (Å²) in [5, 5.41) is 34.4. The zero-order valence-electron chi connectivity index (χ0n) is 18.5. The fourth-order valence-electron chi connectivity index (χ4n) is 2.64. The third-order valence-electron chi connectivity index (χ3n) is 4.38. The Labute approximate surface area is 191 Å². The zero-order chi connectivity index (χ0) is 24.8. The van der Waals surface area contributed by atoms with Gasteiger partial charge in [0, 0.05) is 6.42 Å². The predicted molar refractivity (Wildman–Crippen MR) is 118 cm³/mol. The normalized spacial score (nSPS) is 14.7. The molecule has 0 saturated carbocycles. The molecule has 0 aromatic carbocycles. The van der Waals surface area contributed by atoms with Crippen LogP contribution in [0, 0.1) is 5.92 Å². The molecule has 13 heteroatoms. The van der Waals surface area contributed by atoms with E-state index in [1.807, 2.05) is 0 Å². The van der Waals surface area contributed by atoms with Crippen molar-refractivity contribution in [2.24, 2.45) is 11.7 Å². The van der Waals surface area contributed by atoms with E-state index in [4.69, 9.17) is 15.9 Å².